The highest BCUT2D eigenvalue weighted by Gasteiger charge is 2.22. The Balaban J connectivity index is 1.38. The Morgan fingerprint density at radius 2 is 1.54 bits per heavy atom. The zero-order valence-corrected chi connectivity index (χ0v) is 15.5. The summed E-state index contributed by atoms with van der Waals surface area (Å²) in [7, 11) is 0. The van der Waals surface area contributed by atoms with Gasteiger partial charge in [0, 0.05) is 48.6 Å². The van der Waals surface area contributed by atoms with E-state index in [0.29, 0.717) is 30.0 Å². The van der Waals surface area contributed by atoms with Crippen molar-refractivity contribution in [3.63, 3.8) is 0 Å². The van der Waals surface area contributed by atoms with Crippen LogP contribution in [0.3, 0.4) is 0 Å². The quantitative estimate of drug-likeness (QED) is 0.700. The third-order valence-corrected chi connectivity index (χ3v) is 4.94. The summed E-state index contributed by atoms with van der Waals surface area (Å²) in [5.74, 6) is 0.585. The summed E-state index contributed by atoms with van der Waals surface area (Å²) >= 11 is 0. The van der Waals surface area contributed by atoms with Gasteiger partial charge in [-0.05, 0) is 48.5 Å². The van der Waals surface area contributed by atoms with Crippen LogP contribution < -0.4 is 4.90 Å². The number of Topliss-reactive ketones (excluding diaryl/α,β-unsaturated/α-hetero) is 1. The molecule has 2 heterocycles. The van der Waals surface area contributed by atoms with Crippen molar-refractivity contribution in [3.8, 4) is 11.4 Å². The Hall–Kier alpha value is -3.55. The van der Waals surface area contributed by atoms with Gasteiger partial charge in [-0.25, -0.2) is 0 Å². The van der Waals surface area contributed by atoms with Crippen LogP contribution >= 0.6 is 0 Å². The maximum Gasteiger partial charge on any atom is 0.253 e. The lowest BCUT2D eigenvalue weighted by Crippen LogP contribution is -2.48. The number of aromatic nitrogens is 4. The van der Waals surface area contributed by atoms with Crippen molar-refractivity contribution >= 4 is 17.4 Å². The molecule has 0 atom stereocenters. The second-order valence-corrected chi connectivity index (χ2v) is 6.70. The monoisotopic (exact) mass is 376 g/mol. The number of hydrogen-bond donors (Lipinski definition) is 1. The summed E-state index contributed by atoms with van der Waals surface area (Å²) in [5.41, 5.74) is 3.24. The molecule has 1 saturated heterocycles. The van der Waals surface area contributed by atoms with Crippen LogP contribution in [-0.4, -0.2) is 63.4 Å². The zero-order valence-electron chi connectivity index (χ0n) is 15.5. The number of piperazine rings is 1. The highest BCUT2D eigenvalue weighted by Crippen LogP contribution is 2.20. The lowest BCUT2D eigenvalue weighted by atomic mass is 10.1. The second kappa shape index (κ2) is 7.59. The summed E-state index contributed by atoms with van der Waals surface area (Å²) in [4.78, 5) is 28.3. The van der Waals surface area contributed by atoms with E-state index in [1.54, 1.807) is 19.1 Å². The number of carbonyl (C=O) groups excluding carboxylic acids is 2. The molecular weight excluding hydrogens is 356 g/mol. The van der Waals surface area contributed by atoms with Crippen LogP contribution in [0.5, 0.6) is 0 Å². The maximum atomic E-state index is 12.8. The molecule has 2 aromatic carbocycles. The van der Waals surface area contributed by atoms with Crippen molar-refractivity contribution in [2.75, 3.05) is 31.1 Å². The lowest BCUT2D eigenvalue weighted by molar-refractivity contribution is 0.0746. The molecule has 0 spiro atoms. The molecule has 1 N–H and O–H groups in total. The number of nitrogens with one attached hydrogen (secondary N) is 1. The summed E-state index contributed by atoms with van der Waals surface area (Å²) in [5, 5.41) is 13.8. The molecule has 1 fully saturated rings. The summed E-state index contributed by atoms with van der Waals surface area (Å²) in [6, 6.07) is 14.9. The van der Waals surface area contributed by atoms with Crippen LogP contribution in [0, 0.1) is 0 Å². The van der Waals surface area contributed by atoms with Crippen molar-refractivity contribution in [2.24, 2.45) is 0 Å². The van der Waals surface area contributed by atoms with E-state index in [0.717, 1.165) is 24.3 Å². The fourth-order valence-electron chi connectivity index (χ4n) is 3.30. The maximum absolute atomic E-state index is 12.8. The SMILES string of the molecule is CC(=O)c1ccc(N2CCN(C(=O)c3ccc(-c4nn[nH]n4)cc3)CC2)cc1. The van der Waals surface area contributed by atoms with E-state index in [9.17, 15) is 9.59 Å². The van der Waals surface area contributed by atoms with Crippen LogP contribution in [0.4, 0.5) is 5.69 Å². The number of anilines is 1. The molecule has 1 aromatic heterocycles. The molecular formula is C20H20N6O2. The van der Waals surface area contributed by atoms with Crippen molar-refractivity contribution in [3.05, 3.63) is 59.7 Å². The Morgan fingerprint density at radius 3 is 2.11 bits per heavy atom. The fraction of sp³-hybridized carbons (Fsp3) is 0.250. The molecule has 28 heavy (non-hydrogen) atoms. The van der Waals surface area contributed by atoms with Gasteiger partial charge in [-0.3, -0.25) is 9.59 Å². The number of ketones is 1. The molecule has 3 aromatic rings. The van der Waals surface area contributed by atoms with Gasteiger partial charge >= 0.3 is 0 Å². The van der Waals surface area contributed by atoms with Crippen LogP contribution in [0.15, 0.2) is 48.5 Å². The van der Waals surface area contributed by atoms with Crippen LogP contribution in [0.25, 0.3) is 11.4 Å². The molecule has 0 saturated carbocycles. The van der Waals surface area contributed by atoms with Crippen molar-refractivity contribution in [1.82, 2.24) is 25.5 Å². The number of H-pyrrole nitrogens is 1. The molecule has 1 aliphatic heterocycles. The minimum absolute atomic E-state index is 0.0197. The number of amides is 1. The first-order valence-corrected chi connectivity index (χ1v) is 9.11. The van der Waals surface area contributed by atoms with Gasteiger partial charge in [0.2, 0.25) is 5.82 Å². The van der Waals surface area contributed by atoms with Gasteiger partial charge in [0.1, 0.15) is 0 Å². The Bertz CT molecular complexity index is 959. The Labute approximate surface area is 162 Å². The third kappa shape index (κ3) is 3.62. The molecule has 1 aliphatic rings. The first-order valence-electron chi connectivity index (χ1n) is 9.11. The van der Waals surface area contributed by atoms with Gasteiger partial charge in [0.25, 0.3) is 5.91 Å². The highest BCUT2D eigenvalue weighted by molar-refractivity contribution is 5.95. The van der Waals surface area contributed by atoms with Gasteiger partial charge < -0.3 is 9.80 Å². The molecule has 8 heteroatoms. The smallest absolute Gasteiger partial charge is 0.253 e. The summed E-state index contributed by atoms with van der Waals surface area (Å²) in [6.07, 6.45) is 0. The minimum Gasteiger partial charge on any atom is -0.368 e. The van der Waals surface area contributed by atoms with E-state index < -0.39 is 0 Å². The Kier molecular flexibility index (Phi) is 4.84. The van der Waals surface area contributed by atoms with Gasteiger partial charge in [-0.2, -0.15) is 5.21 Å². The molecule has 8 nitrogen and oxygen atoms in total. The molecule has 0 radical (unpaired) electrons. The average molecular weight is 376 g/mol. The van der Waals surface area contributed by atoms with Gasteiger partial charge in [0.05, 0.1) is 0 Å². The number of tetrazole rings is 1. The van der Waals surface area contributed by atoms with E-state index >= 15 is 0 Å². The highest BCUT2D eigenvalue weighted by atomic mass is 16.2. The topological polar surface area (TPSA) is 95.1 Å². The number of nitrogens with zero attached hydrogens (tertiary/aromatic N) is 5. The minimum atomic E-state index is 0.0197. The van der Waals surface area contributed by atoms with Crippen LogP contribution in [0.2, 0.25) is 0 Å². The Morgan fingerprint density at radius 1 is 0.893 bits per heavy atom. The normalized spacial score (nSPS) is 14.2. The average Bonchev–Trinajstić information content (AvgIpc) is 3.28. The van der Waals surface area contributed by atoms with Crippen LogP contribution in [0.1, 0.15) is 27.6 Å². The number of benzene rings is 2. The molecule has 0 bridgehead atoms. The summed E-state index contributed by atoms with van der Waals surface area (Å²) < 4.78 is 0. The first kappa shape index (κ1) is 17.8. The van der Waals surface area contributed by atoms with Gasteiger partial charge in [-0.1, -0.05) is 12.1 Å². The standard InChI is InChI=1S/C20H20N6O2/c1-14(27)15-6-8-18(9-7-15)25-10-12-26(13-11-25)20(28)17-4-2-16(3-5-17)19-21-23-24-22-19/h2-9H,10-13H2,1H3,(H,21,22,23,24). The second-order valence-electron chi connectivity index (χ2n) is 6.70. The number of aromatic amines is 1. The molecule has 1 amide bonds. The van der Waals surface area contributed by atoms with Gasteiger partial charge in [-0.15, -0.1) is 10.2 Å². The van der Waals surface area contributed by atoms with E-state index in [-0.39, 0.29) is 11.7 Å². The van der Waals surface area contributed by atoms with E-state index in [1.807, 2.05) is 41.3 Å². The van der Waals surface area contributed by atoms with Crippen molar-refractivity contribution < 1.29 is 9.59 Å². The van der Waals surface area contributed by atoms with E-state index in [2.05, 4.69) is 25.5 Å². The van der Waals surface area contributed by atoms with Gasteiger partial charge in [0.15, 0.2) is 5.78 Å². The number of hydrogen-bond acceptors (Lipinski definition) is 6. The zero-order chi connectivity index (χ0) is 19.5. The molecule has 142 valence electrons. The third-order valence-electron chi connectivity index (χ3n) is 4.94. The number of rotatable bonds is 4. The van der Waals surface area contributed by atoms with E-state index in [4.69, 9.17) is 0 Å². The lowest BCUT2D eigenvalue weighted by Gasteiger charge is -2.36. The predicted octanol–water partition coefficient (Wildman–Crippen LogP) is 2.03. The van der Waals surface area contributed by atoms with Crippen molar-refractivity contribution in [2.45, 2.75) is 6.92 Å². The molecule has 0 aliphatic carbocycles. The number of carbonyl (C=O) groups is 2. The molecule has 0 unspecified atom stereocenters. The summed E-state index contributed by atoms with van der Waals surface area (Å²) in [6.45, 7) is 4.38. The fourth-order valence-corrected chi connectivity index (χ4v) is 3.30. The first-order chi connectivity index (χ1) is 13.6. The largest absolute Gasteiger partial charge is 0.368 e. The van der Waals surface area contributed by atoms with Crippen LogP contribution in [-0.2, 0) is 0 Å². The van der Waals surface area contributed by atoms with Crippen molar-refractivity contribution in [1.29, 1.82) is 0 Å². The van der Waals surface area contributed by atoms with E-state index in [1.165, 1.54) is 0 Å². The molecule has 4 rings (SSSR count). The predicted molar refractivity (Wildman–Crippen MR) is 104 cm³/mol.